The fourth-order valence-corrected chi connectivity index (χ4v) is 4.89. The first-order valence-electron chi connectivity index (χ1n) is 12.7. The van der Waals surface area contributed by atoms with E-state index in [-0.39, 0.29) is 17.5 Å². The van der Waals surface area contributed by atoms with Crippen LogP contribution in [0.5, 0.6) is 0 Å². The van der Waals surface area contributed by atoms with Gasteiger partial charge in [0.1, 0.15) is 5.70 Å². The number of carbonyl (C=O) groups is 2. The summed E-state index contributed by atoms with van der Waals surface area (Å²) in [6.45, 7) is 11.2. The van der Waals surface area contributed by atoms with Gasteiger partial charge in [-0.05, 0) is 89.2 Å². The first-order valence-corrected chi connectivity index (χ1v) is 12.7. The summed E-state index contributed by atoms with van der Waals surface area (Å²) in [7, 11) is 0. The van der Waals surface area contributed by atoms with E-state index in [4.69, 9.17) is 0 Å². The van der Waals surface area contributed by atoms with Gasteiger partial charge in [-0.15, -0.1) is 0 Å². The molecule has 0 spiro atoms. The first kappa shape index (κ1) is 25.5. The molecule has 2 aromatic carbocycles. The lowest BCUT2D eigenvalue weighted by Gasteiger charge is -2.28. The van der Waals surface area contributed by atoms with Crippen molar-refractivity contribution in [2.75, 3.05) is 31.5 Å². The topological polar surface area (TPSA) is 77.4 Å². The molecule has 2 saturated heterocycles. The summed E-state index contributed by atoms with van der Waals surface area (Å²) in [6, 6.07) is 17.0. The van der Waals surface area contributed by atoms with Gasteiger partial charge in [0, 0.05) is 36.1 Å². The van der Waals surface area contributed by atoms with E-state index in [1.807, 2.05) is 66.4 Å². The van der Waals surface area contributed by atoms with Gasteiger partial charge >= 0.3 is 0 Å². The van der Waals surface area contributed by atoms with Crippen LogP contribution in [0, 0.1) is 0 Å². The standard InChI is InChI=1S/C29H35N5O2/c1-21(31-27(22(2)30-3)28(35)32-25-10-5-4-6-11-25)23-13-15-24(16-14-23)29(36)34-19-9-12-26(34)20-33-17-7-8-18-33/h4-6,10-11,13-16,26H,3,7-9,12,17-20H2,1-2H3,(H,32,35)/b27-22-,31-21?/t26-/m1/s1. The number of rotatable bonds is 8. The lowest BCUT2D eigenvalue weighted by molar-refractivity contribution is -0.112. The number of likely N-dealkylation sites (tertiary alicyclic amines) is 2. The van der Waals surface area contributed by atoms with Crippen molar-refractivity contribution in [1.29, 1.82) is 0 Å². The highest BCUT2D eigenvalue weighted by molar-refractivity contribution is 6.08. The number of para-hydroxylation sites is 1. The Kier molecular flexibility index (Phi) is 8.44. The molecule has 36 heavy (non-hydrogen) atoms. The second kappa shape index (κ2) is 11.9. The van der Waals surface area contributed by atoms with Gasteiger partial charge < -0.3 is 15.1 Å². The van der Waals surface area contributed by atoms with Gasteiger partial charge in [0.05, 0.1) is 5.70 Å². The molecule has 2 heterocycles. The van der Waals surface area contributed by atoms with Crippen LogP contribution in [0.15, 0.2) is 76.0 Å². The van der Waals surface area contributed by atoms with Crippen molar-refractivity contribution >= 4 is 29.9 Å². The molecule has 0 saturated carbocycles. The van der Waals surface area contributed by atoms with Gasteiger partial charge in [0.25, 0.3) is 11.8 Å². The molecular formula is C29H35N5O2. The smallest absolute Gasteiger partial charge is 0.276 e. The fourth-order valence-electron chi connectivity index (χ4n) is 4.89. The molecule has 2 aliphatic heterocycles. The van der Waals surface area contributed by atoms with E-state index in [0.717, 1.165) is 44.6 Å². The molecular weight excluding hydrogens is 450 g/mol. The monoisotopic (exact) mass is 485 g/mol. The molecule has 4 rings (SSSR count). The second-order valence-corrected chi connectivity index (χ2v) is 9.49. The maximum absolute atomic E-state index is 13.3. The van der Waals surface area contributed by atoms with Crippen molar-refractivity contribution < 1.29 is 9.59 Å². The van der Waals surface area contributed by atoms with Gasteiger partial charge in [0.15, 0.2) is 0 Å². The highest BCUT2D eigenvalue weighted by Gasteiger charge is 2.31. The van der Waals surface area contributed by atoms with E-state index < -0.39 is 0 Å². The Hall–Kier alpha value is -3.58. The molecule has 1 N–H and O–H groups in total. The lowest BCUT2D eigenvalue weighted by atomic mass is 10.1. The van der Waals surface area contributed by atoms with E-state index in [1.165, 1.54) is 12.8 Å². The summed E-state index contributed by atoms with van der Waals surface area (Å²) >= 11 is 0. The molecule has 7 heteroatoms. The van der Waals surface area contributed by atoms with Crippen molar-refractivity contribution in [3.63, 3.8) is 0 Å². The van der Waals surface area contributed by atoms with E-state index in [9.17, 15) is 9.59 Å². The number of amides is 2. The Morgan fingerprint density at radius 2 is 1.61 bits per heavy atom. The van der Waals surface area contributed by atoms with Crippen molar-refractivity contribution in [2.45, 2.75) is 45.6 Å². The SMILES string of the molecule is C=N/C(C)=C(\N=C(C)c1ccc(C(=O)N2CCC[C@@H]2CN2CCCC2)cc1)C(=O)Nc1ccccc1. The number of anilines is 1. The Bertz CT molecular complexity index is 1150. The highest BCUT2D eigenvalue weighted by Crippen LogP contribution is 2.23. The minimum absolute atomic E-state index is 0.0902. The third kappa shape index (κ3) is 6.15. The molecule has 2 aromatic rings. The van der Waals surface area contributed by atoms with E-state index >= 15 is 0 Å². The molecule has 1 atom stereocenters. The molecule has 0 unspecified atom stereocenters. The predicted molar refractivity (Wildman–Crippen MR) is 146 cm³/mol. The molecule has 0 radical (unpaired) electrons. The molecule has 0 aromatic heterocycles. The highest BCUT2D eigenvalue weighted by atomic mass is 16.2. The first-order chi connectivity index (χ1) is 17.5. The van der Waals surface area contributed by atoms with Gasteiger partial charge in [0.2, 0.25) is 0 Å². The fraction of sp³-hybridized carbons (Fsp3) is 0.379. The van der Waals surface area contributed by atoms with Crippen LogP contribution >= 0.6 is 0 Å². The minimum atomic E-state index is -0.352. The Morgan fingerprint density at radius 1 is 0.944 bits per heavy atom. The molecule has 2 aliphatic rings. The van der Waals surface area contributed by atoms with Crippen LogP contribution in [0.1, 0.15) is 55.5 Å². The summed E-state index contributed by atoms with van der Waals surface area (Å²) in [4.78, 5) is 39.2. The number of nitrogens with zero attached hydrogens (tertiary/aromatic N) is 4. The largest absolute Gasteiger partial charge is 0.334 e. The zero-order chi connectivity index (χ0) is 25.5. The Balaban J connectivity index is 1.47. The van der Waals surface area contributed by atoms with Crippen molar-refractivity contribution in [3.8, 4) is 0 Å². The molecule has 2 fully saturated rings. The number of allylic oxidation sites excluding steroid dienone is 1. The minimum Gasteiger partial charge on any atom is -0.334 e. The normalized spacial score (nSPS) is 19.2. The summed E-state index contributed by atoms with van der Waals surface area (Å²) in [5, 5.41) is 2.85. The summed E-state index contributed by atoms with van der Waals surface area (Å²) in [5.41, 5.74) is 3.49. The Morgan fingerprint density at radius 3 is 2.28 bits per heavy atom. The van der Waals surface area contributed by atoms with Gasteiger partial charge in [-0.1, -0.05) is 30.3 Å². The number of hydrogen-bond donors (Lipinski definition) is 1. The lowest BCUT2D eigenvalue weighted by Crippen LogP contribution is -2.42. The average Bonchev–Trinajstić information content (AvgIpc) is 3.59. The van der Waals surface area contributed by atoms with E-state index in [2.05, 4.69) is 26.9 Å². The Labute approximate surface area is 213 Å². The summed E-state index contributed by atoms with van der Waals surface area (Å²) < 4.78 is 0. The third-order valence-corrected chi connectivity index (χ3v) is 6.96. The number of nitrogens with one attached hydrogen (secondary N) is 1. The van der Waals surface area contributed by atoms with Crippen LogP contribution in [-0.4, -0.2) is 66.3 Å². The molecule has 0 bridgehead atoms. The van der Waals surface area contributed by atoms with Crippen LogP contribution in [0.4, 0.5) is 5.69 Å². The average molecular weight is 486 g/mol. The number of hydrogen-bond acceptors (Lipinski definition) is 5. The van der Waals surface area contributed by atoms with Crippen LogP contribution in [0.2, 0.25) is 0 Å². The second-order valence-electron chi connectivity index (χ2n) is 9.49. The van der Waals surface area contributed by atoms with Crippen LogP contribution < -0.4 is 5.32 Å². The van der Waals surface area contributed by atoms with Crippen molar-refractivity contribution in [3.05, 3.63) is 77.1 Å². The maximum atomic E-state index is 13.3. The summed E-state index contributed by atoms with van der Waals surface area (Å²) in [6.07, 6.45) is 4.65. The quantitative estimate of drug-likeness (QED) is 0.432. The maximum Gasteiger partial charge on any atom is 0.276 e. The molecule has 0 aliphatic carbocycles. The zero-order valence-electron chi connectivity index (χ0n) is 21.2. The number of benzene rings is 2. The summed E-state index contributed by atoms with van der Waals surface area (Å²) in [5.74, 6) is -0.261. The van der Waals surface area contributed by atoms with E-state index in [0.29, 0.717) is 28.7 Å². The van der Waals surface area contributed by atoms with E-state index in [1.54, 1.807) is 6.92 Å². The number of carbonyl (C=O) groups excluding carboxylic acids is 2. The van der Waals surface area contributed by atoms with Crippen LogP contribution in [0.3, 0.4) is 0 Å². The van der Waals surface area contributed by atoms with Gasteiger partial charge in [-0.2, -0.15) is 0 Å². The van der Waals surface area contributed by atoms with Crippen molar-refractivity contribution in [1.82, 2.24) is 9.80 Å². The predicted octanol–water partition coefficient (Wildman–Crippen LogP) is 4.77. The third-order valence-electron chi connectivity index (χ3n) is 6.96. The van der Waals surface area contributed by atoms with Crippen LogP contribution in [0.25, 0.3) is 0 Å². The van der Waals surface area contributed by atoms with Crippen molar-refractivity contribution in [2.24, 2.45) is 9.98 Å². The molecule has 7 nitrogen and oxygen atoms in total. The number of aliphatic imine (C=N–C) groups is 2. The molecule has 188 valence electrons. The van der Waals surface area contributed by atoms with Crippen LogP contribution in [-0.2, 0) is 4.79 Å². The van der Waals surface area contributed by atoms with Gasteiger partial charge in [-0.25, -0.2) is 4.99 Å². The van der Waals surface area contributed by atoms with Gasteiger partial charge in [-0.3, -0.25) is 14.6 Å². The zero-order valence-corrected chi connectivity index (χ0v) is 21.2. The molecule has 2 amide bonds.